The van der Waals surface area contributed by atoms with Crippen molar-refractivity contribution in [3.63, 3.8) is 0 Å². The van der Waals surface area contributed by atoms with Gasteiger partial charge in [-0.25, -0.2) is 0 Å². The van der Waals surface area contributed by atoms with E-state index in [9.17, 15) is 4.79 Å². The standard InChI is InChI=1S/C17H21NO3/c1-12-6-7-14(5-4-9-19)11-15(12)16(20)18-17(3)8-10-21-13(17)2/h6-7,11,13,19H,8-10H2,1-3H3,(H,18,20). The maximum Gasteiger partial charge on any atom is 0.252 e. The van der Waals surface area contributed by atoms with E-state index in [4.69, 9.17) is 9.84 Å². The first-order chi connectivity index (χ1) is 9.96. The zero-order chi connectivity index (χ0) is 15.5. The molecule has 1 aliphatic rings. The summed E-state index contributed by atoms with van der Waals surface area (Å²) >= 11 is 0. The zero-order valence-electron chi connectivity index (χ0n) is 12.7. The van der Waals surface area contributed by atoms with Crippen LogP contribution in [0.15, 0.2) is 18.2 Å². The molecule has 1 aromatic rings. The summed E-state index contributed by atoms with van der Waals surface area (Å²) < 4.78 is 5.55. The Labute approximate surface area is 125 Å². The summed E-state index contributed by atoms with van der Waals surface area (Å²) in [7, 11) is 0. The lowest BCUT2D eigenvalue weighted by Crippen LogP contribution is -2.50. The van der Waals surface area contributed by atoms with Gasteiger partial charge < -0.3 is 15.2 Å². The molecule has 1 aromatic carbocycles. The lowest BCUT2D eigenvalue weighted by atomic mass is 9.93. The van der Waals surface area contributed by atoms with Crippen molar-refractivity contribution in [1.29, 1.82) is 0 Å². The third kappa shape index (κ3) is 3.44. The Morgan fingerprint density at radius 2 is 2.33 bits per heavy atom. The summed E-state index contributed by atoms with van der Waals surface area (Å²) in [5.41, 5.74) is 1.90. The van der Waals surface area contributed by atoms with E-state index in [-0.39, 0.29) is 24.2 Å². The fraction of sp³-hybridized carbons (Fsp3) is 0.471. The van der Waals surface area contributed by atoms with Crippen LogP contribution in [-0.2, 0) is 4.74 Å². The van der Waals surface area contributed by atoms with Gasteiger partial charge in [0.25, 0.3) is 5.91 Å². The van der Waals surface area contributed by atoms with Crippen molar-refractivity contribution in [2.75, 3.05) is 13.2 Å². The van der Waals surface area contributed by atoms with Crippen LogP contribution >= 0.6 is 0 Å². The van der Waals surface area contributed by atoms with Gasteiger partial charge in [0, 0.05) is 17.7 Å². The van der Waals surface area contributed by atoms with Gasteiger partial charge >= 0.3 is 0 Å². The molecule has 2 atom stereocenters. The molecule has 4 heteroatoms. The lowest BCUT2D eigenvalue weighted by molar-refractivity contribution is 0.0727. The Morgan fingerprint density at radius 3 is 2.95 bits per heavy atom. The number of aliphatic hydroxyl groups excluding tert-OH is 1. The normalized spacial score (nSPS) is 24.3. The Hall–Kier alpha value is -1.83. The molecular weight excluding hydrogens is 266 g/mol. The first-order valence-electron chi connectivity index (χ1n) is 7.11. The van der Waals surface area contributed by atoms with Crippen molar-refractivity contribution in [3.05, 3.63) is 34.9 Å². The second-order valence-corrected chi connectivity index (χ2v) is 5.62. The van der Waals surface area contributed by atoms with Gasteiger partial charge in [0.15, 0.2) is 0 Å². The summed E-state index contributed by atoms with van der Waals surface area (Å²) in [6.45, 7) is 6.35. The highest BCUT2D eigenvalue weighted by Gasteiger charge is 2.38. The van der Waals surface area contributed by atoms with Crippen molar-refractivity contribution < 1.29 is 14.6 Å². The number of benzene rings is 1. The van der Waals surface area contributed by atoms with E-state index >= 15 is 0 Å². The SMILES string of the molecule is Cc1ccc(C#CCO)cc1C(=O)NC1(C)CCOC1C. The fourth-order valence-electron chi connectivity index (χ4n) is 2.41. The molecule has 112 valence electrons. The average Bonchev–Trinajstić information content (AvgIpc) is 2.77. The predicted octanol–water partition coefficient (Wildman–Crippen LogP) is 1.64. The van der Waals surface area contributed by atoms with Crippen LogP contribution in [0.2, 0.25) is 0 Å². The van der Waals surface area contributed by atoms with Gasteiger partial charge in [-0.05, 0) is 44.9 Å². The Kier molecular flexibility index (Phi) is 4.66. The molecule has 0 aromatic heterocycles. The maximum absolute atomic E-state index is 12.5. The van der Waals surface area contributed by atoms with Gasteiger partial charge in [-0.3, -0.25) is 4.79 Å². The number of rotatable bonds is 2. The van der Waals surface area contributed by atoms with Gasteiger partial charge in [-0.15, -0.1) is 0 Å². The van der Waals surface area contributed by atoms with E-state index in [0.29, 0.717) is 12.2 Å². The van der Waals surface area contributed by atoms with Crippen LogP contribution in [0.1, 0.15) is 41.8 Å². The van der Waals surface area contributed by atoms with Gasteiger partial charge in [0.1, 0.15) is 6.61 Å². The number of nitrogens with one attached hydrogen (secondary N) is 1. The molecule has 2 rings (SSSR count). The second-order valence-electron chi connectivity index (χ2n) is 5.62. The summed E-state index contributed by atoms with van der Waals surface area (Å²) in [6.07, 6.45) is 0.808. The minimum Gasteiger partial charge on any atom is -0.384 e. The summed E-state index contributed by atoms with van der Waals surface area (Å²) in [5.74, 6) is 5.30. The fourth-order valence-corrected chi connectivity index (χ4v) is 2.41. The van der Waals surface area contributed by atoms with E-state index in [1.165, 1.54) is 0 Å². The minimum atomic E-state index is -0.337. The summed E-state index contributed by atoms with van der Waals surface area (Å²) in [5, 5.41) is 11.8. The van der Waals surface area contributed by atoms with Gasteiger partial charge in [-0.2, -0.15) is 0 Å². The highest BCUT2D eigenvalue weighted by atomic mass is 16.5. The number of carbonyl (C=O) groups excluding carboxylic acids is 1. The van der Waals surface area contributed by atoms with Crippen molar-refractivity contribution in [3.8, 4) is 11.8 Å². The van der Waals surface area contributed by atoms with E-state index in [1.807, 2.05) is 32.9 Å². The second kappa shape index (κ2) is 6.30. The third-order valence-corrected chi connectivity index (χ3v) is 4.08. The quantitative estimate of drug-likeness (QED) is 0.813. The van der Waals surface area contributed by atoms with E-state index < -0.39 is 0 Å². The van der Waals surface area contributed by atoms with E-state index in [2.05, 4.69) is 17.2 Å². The Bertz CT molecular complexity index is 600. The minimum absolute atomic E-state index is 0.000815. The molecule has 1 aliphatic heterocycles. The highest BCUT2D eigenvalue weighted by molar-refractivity contribution is 5.96. The van der Waals surface area contributed by atoms with Gasteiger partial charge in [-0.1, -0.05) is 17.9 Å². The predicted molar refractivity (Wildman–Crippen MR) is 81.0 cm³/mol. The number of ether oxygens (including phenoxy) is 1. The van der Waals surface area contributed by atoms with Crippen molar-refractivity contribution in [1.82, 2.24) is 5.32 Å². The number of hydrogen-bond donors (Lipinski definition) is 2. The number of amides is 1. The van der Waals surface area contributed by atoms with Crippen molar-refractivity contribution >= 4 is 5.91 Å². The van der Waals surface area contributed by atoms with Crippen molar-refractivity contribution in [2.24, 2.45) is 0 Å². The largest absolute Gasteiger partial charge is 0.384 e. The molecule has 21 heavy (non-hydrogen) atoms. The molecule has 0 spiro atoms. The van der Waals surface area contributed by atoms with Crippen molar-refractivity contribution in [2.45, 2.75) is 38.8 Å². The summed E-state index contributed by atoms with van der Waals surface area (Å²) in [4.78, 5) is 12.5. The molecule has 0 radical (unpaired) electrons. The molecule has 1 fully saturated rings. The first kappa shape index (κ1) is 15.6. The molecule has 1 saturated heterocycles. The molecule has 4 nitrogen and oxygen atoms in total. The molecule has 0 bridgehead atoms. The number of hydrogen-bond acceptors (Lipinski definition) is 3. The third-order valence-electron chi connectivity index (χ3n) is 4.08. The summed E-state index contributed by atoms with van der Waals surface area (Å²) in [6, 6.07) is 5.47. The van der Waals surface area contributed by atoms with E-state index in [1.54, 1.807) is 6.07 Å². The molecule has 0 saturated carbocycles. The van der Waals surface area contributed by atoms with Crippen LogP contribution < -0.4 is 5.32 Å². The Morgan fingerprint density at radius 1 is 1.57 bits per heavy atom. The van der Waals surface area contributed by atoms with Crippen LogP contribution in [0.4, 0.5) is 0 Å². The van der Waals surface area contributed by atoms with E-state index in [0.717, 1.165) is 17.5 Å². The van der Waals surface area contributed by atoms with Crippen LogP contribution in [0.25, 0.3) is 0 Å². The van der Waals surface area contributed by atoms with Gasteiger partial charge in [0.2, 0.25) is 0 Å². The topological polar surface area (TPSA) is 58.6 Å². The molecular formula is C17H21NO3. The molecule has 1 amide bonds. The van der Waals surface area contributed by atoms with Gasteiger partial charge in [0.05, 0.1) is 11.6 Å². The zero-order valence-corrected chi connectivity index (χ0v) is 12.7. The number of carbonyl (C=O) groups is 1. The Balaban J connectivity index is 2.22. The van der Waals surface area contributed by atoms with Crippen LogP contribution in [-0.4, -0.2) is 35.9 Å². The van der Waals surface area contributed by atoms with Crippen LogP contribution in [0, 0.1) is 18.8 Å². The lowest BCUT2D eigenvalue weighted by Gasteiger charge is -2.29. The molecule has 2 N–H and O–H groups in total. The first-order valence-corrected chi connectivity index (χ1v) is 7.11. The molecule has 1 heterocycles. The highest BCUT2D eigenvalue weighted by Crippen LogP contribution is 2.26. The van der Waals surface area contributed by atoms with Crippen LogP contribution in [0.3, 0.4) is 0 Å². The molecule has 2 unspecified atom stereocenters. The van der Waals surface area contributed by atoms with Crippen LogP contribution in [0.5, 0.6) is 0 Å². The smallest absolute Gasteiger partial charge is 0.252 e. The maximum atomic E-state index is 12.5. The average molecular weight is 287 g/mol. The monoisotopic (exact) mass is 287 g/mol. The number of aryl methyl sites for hydroxylation is 1. The molecule has 0 aliphatic carbocycles. The number of aliphatic hydroxyl groups is 1.